The van der Waals surface area contributed by atoms with Crippen LogP contribution in [-0.4, -0.2) is 28.2 Å². The van der Waals surface area contributed by atoms with Gasteiger partial charge in [0, 0.05) is 0 Å². The number of cyclic esters (lactones) is 1. The lowest BCUT2D eigenvalue weighted by atomic mass is 10.7. The molecule has 1 heterocycles. The Hall–Kier alpha value is -0.710. The molecule has 0 unspecified atom stereocenters. The summed E-state index contributed by atoms with van der Waals surface area (Å²) in [6.45, 7) is 0. The molecule has 1 fully saturated rings. The molecule has 0 aromatic rings. The van der Waals surface area contributed by atoms with Crippen LogP contribution in [0.2, 0.25) is 0 Å². The van der Waals surface area contributed by atoms with Crippen molar-refractivity contribution in [3.63, 3.8) is 0 Å². The Balaban J connectivity index is 2.48. The van der Waals surface area contributed by atoms with Crippen LogP contribution in [0.25, 0.3) is 0 Å². The molecule has 1 aliphatic rings. The summed E-state index contributed by atoms with van der Waals surface area (Å²) in [4.78, 5) is 20.3. The van der Waals surface area contributed by atoms with Crippen LogP contribution < -0.4 is 0 Å². The van der Waals surface area contributed by atoms with Crippen molar-refractivity contribution >= 4 is 23.7 Å². The highest BCUT2D eigenvalue weighted by Crippen LogP contribution is 2.20. The van der Waals surface area contributed by atoms with Crippen LogP contribution in [0.4, 0.5) is 0 Å². The number of hydrogen-bond donors (Lipinski definition) is 1. The maximum atomic E-state index is 10.3. The first-order valence-electron chi connectivity index (χ1n) is 2.24. The van der Waals surface area contributed by atoms with Gasteiger partial charge in [0.1, 0.15) is 0 Å². The number of carbonyl (C=O) groups is 2. The third-order valence-electron chi connectivity index (χ3n) is 0.793. The first kappa shape index (κ1) is 6.41. The Morgan fingerprint density at radius 3 is 2.78 bits per heavy atom. The minimum Gasteiger partial charge on any atom is -0.478 e. The number of thioether (sulfide) groups is 1. The molecule has 0 spiro atoms. The summed E-state index contributed by atoms with van der Waals surface area (Å²) in [7, 11) is 0. The maximum Gasteiger partial charge on any atom is 0.355 e. The molecule has 5 heteroatoms. The van der Waals surface area contributed by atoms with Crippen LogP contribution in [-0.2, 0) is 14.3 Å². The molecule has 1 rings (SSSR count). The van der Waals surface area contributed by atoms with Gasteiger partial charge in [-0.25, -0.2) is 4.79 Å². The van der Waals surface area contributed by atoms with E-state index >= 15 is 0 Å². The van der Waals surface area contributed by atoms with Crippen LogP contribution in [0.5, 0.6) is 0 Å². The minimum absolute atomic E-state index is 0.150. The van der Waals surface area contributed by atoms with Crippen molar-refractivity contribution in [2.75, 3.05) is 5.75 Å². The van der Waals surface area contributed by atoms with E-state index in [-0.39, 0.29) is 5.75 Å². The van der Waals surface area contributed by atoms with Crippen molar-refractivity contribution in [3.8, 4) is 0 Å². The molecule has 50 valence electrons. The first-order valence-corrected chi connectivity index (χ1v) is 3.29. The highest BCUT2D eigenvalue weighted by molar-refractivity contribution is 8.01. The van der Waals surface area contributed by atoms with E-state index < -0.39 is 17.4 Å². The number of carbonyl (C=O) groups excluding carboxylic acids is 1. The molecule has 0 bridgehead atoms. The lowest BCUT2D eigenvalue weighted by Crippen LogP contribution is -2.16. The smallest absolute Gasteiger partial charge is 0.355 e. The summed E-state index contributed by atoms with van der Waals surface area (Å²) in [6, 6.07) is 0. The number of esters is 1. The van der Waals surface area contributed by atoms with Crippen molar-refractivity contribution in [2.24, 2.45) is 0 Å². The third-order valence-corrected chi connectivity index (χ3v) is 1.80. The van der Waals surface area contributed by atoms with Gasteiger partial charge in [-0.2, -0.15) is 0 Å². The largest absolute Gasteiger partial charge is 0.478 e. The Kier molecular flexibility index (Phi) is 1.61. The van der Waals surface area contributed by atoms with Crippen LogP contribution in [0.3, 0.4) is 0 Å². The van der Waals surface area contributed by atoms with E-state index in [2.05, 4.69) is 4.74 Å². The second kappa shape index (κ2) is 2.26. The molecule has 9 heavy (non-hydrogen) atoms. The van der Waals surface area contributed by atoms with Gasteiger partial charge in [0.25, 0.3) is 0 Å². The van der Waals surface area contributed by atoms with Gasteiger partial charge in [-0.15, -0.1) is 0 Å². The van der Waals surface area contributed by atoms with Gasteiger partial charge < -0.3 is 9.84 Å². The van der Waals surface area contributed by atoms with E-state index in [0.29, 0.717) is 0 Å². The summed E-state index contributed by atoms with van der Waals surface area (Å²) in [6.07, 6.45) is 0. The number of ether oxygens (including phenoxy) is 1. The lowest BCUT2D eigenvalue weighted by molar-refractivity contribution is -0.154. The number of carboxylic acid groups (broad SMARTS) is 1. The van der Waals surface area contributed by atoms with Crippen LogP contribution in [0.15, 0.2) is 0 Å². The van der Waals surface area contributed by atoms with Gasteiger partial charge in [0.15, 0.2) is 0 Å². The zero-order valence-corrected chi connectivity index (χ0v) is 5.18. The van der Waals surface area contributed by atoms with Gasteiger partial charge in [-0.05, 0) is 0 Å². The van der Waals surface area contributed by atoms with E-state index in [1.807, 2.05) is 0 Å². The zero-order chi connectivity index (χ0) is 6.85. The predicted molar refractivity (Wildman–Crippen MR) is 30.0 cm³/mol. The Labute approximate surface area is 55.2 Å². The van der Waals surface area contributed by atoms with E-state index in [9.17, 15) is 9.59 Å². The summed E-state index contributed by atoms with van der Waals surface area (Å²) < 4.78 is 4.35. The van der Waals surface area contributed by atoms with Crippen molar-refractivity contribution in [2.45, 2.75) is 5.44 Å². The molecular weight excluding hydrogens is 144 g/mol. The fourth-order valence-electron chi connectivity index (χ4n) is 0.453. The number of aliphatic carboxylic acids is 1. The average molecular weight is 148 g/mol. The number of hydrogen-bond acceptors (Lipinski definition) is 4. The summed E-state index contributed by atoms with van der Waals surface area (Å²) in [5.41, 5.74) is -0.975. The van der Waals surface area contributed by atoms with Crippen molar-refractivity contribution < 1.29 is 19.4 Å². The monoisotopic (exact) mass is 148 g/mol. The fourth-order valence-corrected chi connectivity index (χ4v) is 1.13. The fraction of sp³-hybridized carbons (Fsp3) is 0.500. The van der Waals surface area contributed by atoms with E-state index in [1.165, 1.54) is 0 Å². The third kappa shape index (κ3) is 1.35. The molecule has 1 saturated heterocycles. The lowest BCUT2D eigenvalue weighted by Gasteiger charge is -1.98. The van der Waals surface area contributed by atoms with Gasteiger partial charge in [0.05, 0.1) is 5.75 Å². The average Bonchev–Trinajstić information content (AvgIpc) is 2.14. The van der Waals surface area contributed by atoms with E-state index in [4.69, 9.17) is 5.11 Å². The second-order valence-corrected chi connectivity index (χ2v) is 2.52. The summed E-state index contributed by atoms with van der Waals surface area (Å²) >= 11 is 0.987. The molecule has 0 radical (unpaired) electrons. The molecule has 0 saturated carbocycles. The highest BCUT2D eigenvalue weighted by atomic mass is 32.2. The molecule has 0 aromatic carbocycles. The van der Waals surface area contributed by atoms with Crippen LogP contribution >= 0.6 is 11.8 Å². The molecule has 0 aromatic heterocycles. The molecule has 1 aliphatic heterocycles. The Bertz CT molecular complexity index is 155. The molecule has 1 atom stereocenters. The van der Waals surface area contributed by atoms with Crippen molar-refractivity contribution in [1.82, 2.24) is 0 Å². The first-order chi connectivity index (χ1) is 4.20. The quantitative estimate of drug-likeness (QED) is 0.516. The van der Waals surface area contributed by atoms with Gasteiger partial charge in [-0.1, -0.05) is 11.8 Å². The predicted octanol–water partition coefficient (Wildman–Crippen LogP) is -0.313. The molecule has 0 aliphatic carbocycles. The molecule has 0 amide bonds. The standard InChI is InChI=1S/C4H4O4S/c5-2-1-9-4(8-2)3(6)7/h4H,1H2,(H,6,7)/t4-/m0/s1. The Morgan fingerprint density at radius 2 is 2.56 bits per heavy atom. The van der Waals surface area contributed by atoms with Crippen LogP contribution in [0.1, 0.15) is 0 Å². The molecule has 4 nitrogen and oxygen atoms in total. The second-order valence-electron chi connectivity index (χ2n) is 1.47. The summed E-state index contributed by atoms with van der Waals surface area (Å²) in [5, 5.41) is 8.23. The van der Waals surface area contributed by atoms with E-state index in [1.54, 1.807) is 0 Å². The van der Waals surface area contributed by atoms with Crippen molar-refractivity contribution in [3.05, 3.63) is 0 Å². The SMILES string of the molecule is O=C1CS[C@@H](C(=O)O)O1. The maximum absolute atomic E-state index is 10.3. The van der Waals surface area contributed by atoms with Gasteiger partial charge >= 0.3 is 11.9 Å². The highest BCUT2D eigenvalue weighted by Gasteiger charge is 2.29. The zero-order valence-electron chi connectivity index (χ0n) is 4.36. The Morgan fingerprint density at radius 1 is 1.89 bits per heavy atom. The van der Waals surface area contributed by atoms with Gasteiger partial charge in [-0.3, -0.25) is 4.79 Å². The molecule has 1 N–H and O–H groups in total. The van der Waals surface area contributed by atoms with Crippen molar-refractivity contribution in [1.29, 1.82) is 0 Å². The van der Waals surface area contributed by atoms with E-state index in [0.717, 1.165) is 11.8 Å². The minimum atomic E-state index is -1.09. The molecular formula is C4H4O4S. The van der Waals surface area contributed by atoms with Crippen LogP contribution in [0, 0.1) is 0 Å². The summed E-state index contributed by atoms with van der Waals surface area (Å²) in [5.74, 6) is -1.39. The normalized spacial score (nSPS) is 25.8. The number of rotatable bonds is 1. The van der Waals surface area contributed by atoms with Gasteiger partial charge in [0.2, 0.25) is 5.44 Å². The number of carboxylic acids is 1. The topological polar surface area (TPSA) is 63.6 Å².